The van der Waals surface area contributed by atoms with Crippen LogP contribution >= 0.6 is 23.2 Å². The van der Waals surface area contributed by atoms with Gasteiger partial charge >= 0.3 is 6.03 Å². The van der Waals surface area contributed by atoms with Crippen molar-refractivity contribution in [1.29, 1.82) is 0 Å². The number of nitrogens with zero attached hydrogens (tertiary/aromatic N) is 1. The molecule has 3 N–H and O–H groups in total. The van der Waals surface area contributed by atoms with Gasteiger partial charge < -0.3 is 20.4 Å². The van der Waals surface area contributed by atoms with E-state index in [9.17, 15) is 15.0 Å². The van der Waals surface area contributed by atoms with E-state index in [1.807, 2.05) is 0 Å². The highest BCUT2D eigenvalue weighted by atomic mass is 35.5. The van der Waals surface area contributed by atoms with Crippen molar-refractivity contribution < 1.29 is 15.0 Å². The Kier molecular flexibility index (Phi) is 7.42. The molecular weight excluding hydrogens is 327 g/mol. The monoisotopic (exact) mass is 348 g/mol. The van der Waals surface area contributed by atoms with Crippen molar-refractivity contribution in [3.05, 3.63) is 33.8 Å². The van der Waals surface area contributed by atoms with Gasteiger partial charge in [-0.05, 0) is 44.5 Å². The average Bonchev–Trinajstić information content (AvgIpc) is 2.45. The number of nitrogens with one attached hydrogen (secondary N) is 1. The second-order valence-corrected chi connectivity index (χ2v) is 6.21. The van der Waals surface area contributed by atoms with Gasteiger partial charge in [-0.15, -0.1) is 0 Å². The summed E-state index contributed by atoms with van der Waals surface area (Å²) < 4.78 is 0. The molecule has 0 bridgehead atoms. The molecule has 0 aliphatic heterocycles. The first-order valence-electron chi connectivity index (χ1n) is 7.07. The fraction of sp³-hybridized carbons (Fsp3) is 0.533. The normalized spacial score (nSPS) is 15.0. The Balaban J connectivity index is 2.85. The highest BCUT2D eigenvalue weighted by molar-refractivity contribution is 6.33. The number of carbonyl (C=O) groups is 1. The molecule has 0 spiro atoms. The van der Waals surface area contributed by atoms with Crippen LogP contribution in [0, 0.1) is 0 Å². The smallest absolute Gasteiger partial charge is 0.318 e. The van der Waals surface area contributed by atoms with Gasteiger partial charge in [0.25, 0.3) is 0 Å². The molecule has 3 atom stereocenters. The highest BCUT2D eigenvalue weighted by Gasteiger charge is 2.23. The van der Waals surface area contributed by atoms with Crippen LogP contribution < -0.4 is 5.32 Å². The van der Waals surface area contributed by atoms with Crippen molar-refractivity contribution in [3.8, 4) is 0 Å². The lowest BCUT2D eigenvalue weighted by molar-refractivity contribution is 0.0926. The third kappa shape index (κ3) is 5.32. The van der Waals surface area contributed by atoms with E-state index in [-0.39, 0.29) is 25.2 Å². The molecule has 0 fully saturated rings. The van der Waals surface area contributed by atoms with E-state index in [2.05, 4.69) is 5.32 Å². The molecule has 1 aromatic carbocycles. The molecule has 7 heteroatoms. The summed E-state index contributed by atoms with van der Waals surface area (Å²) in [7, 11) is 0. The number of aliphatic hydroxyl groups excluding tert-OH is 2. The zero-order valence-corrected chi connectivity index (χ0v) is 14.4. The Morgan fingerprint density at radius 1 is 1.32 bits per heavy atom. The van der Waals surface area contributed by atoms with Gasteiger partial charge in [-0.3, -0.25) is 0 Å². The zero-order valence-electron chi connectivity index (χ0n) is 12.9. The molecule has 0 radical (unpaired) electrons. The van der Waals surface area contributed by atoms with Crippen molar-refractivity contribution in [1.82, 2.24) is 10.2 Å². The summed E-state index contributed by atoms with van der Waals surface area (Å²) >= 11 is 12.1. The number of aliphatic hydroxyl groups is 2. The zero-order chi connectivity index (χ0) is 16.9. The Bertz CT molecular complexity index is 512. The summed E-state index contributed by atoms with van der Waals surface area (Å²) in [5, 5.41) is 22.6. The molecule has 1 aromatic rings. The number of hydrogen-bond donors (Lipinski definition) is 3. The quantitative estimate of drug-likeness (QED) is 0.739. The highest BCUT2D eigenvalue weighted by Crippen LogP contribution is 2.26. The van der Waals surface area contributed by atoms with Crippen LogP contribution in [0.25, 0.3) is 0 Å². The standard InChI is InChI=1S/C15H22Cl2N2O3/c1-9(8-20)19(7-10(2)21)15(22)18-11(3)13-6-12(16)4-5-14(13)17/h4-6,9-11,20-21H,7-8H2,1-3H3,(H,18,22)/t9-,10+,11-/m1/s1. The van der Waals surface area contributed by atoms with Crippen LogP contribution in [0.2, 0.25) is 10.0 Å². The summed E-state index contributed by atoms with van der Waals surface area (Å²) in [5.74, 6) is 0. The van der Waals surface area contributed by atoms with Gasteiger partial charge in [0.1, 0.15) is 0 Å². The van der Waals surface area contributed by atoms with Crippen LogP contribution in [0.5, 0.6) is 0 Å². The van der Waals surface area contributed by atoms with E-state index >= 15 is 0 Å². The summed E-state index contributed by atoms with van der Waals surface area (Å²) in [6.45, 7) is 5.02. The van der Waals surface area contributed by atoms with E-state index in [0.717, 1.165) is 0 Å². The Morgan fingerprint density at radius 3 is 2.50 bits per heavy atom. The first-order chi connectivity index (χ1) is 10.3. The van der Waals surface area contributed by atoms with Crippen molar-refractivity contribution in [3.63, 3.8) is 0 Å². The maximum Gasteiger partial charge on any atom is 0.318 e. The third-order valence-electron chi connectivity index (χ3n) is 3.28. The fourth-order valence-electron chi connectivity index (χ4n) is 2.04. The molecule has 1 rings (SSSR count). The van der Waals surface area contributed by atoms with Gasteiger partial charge in [0.15, 0.2) is 0 Å². The molecule has 22 heavy (non-hydrogen) atoms. The third-order valence-corrected chi connectivity index (χ3v) is 3.86. The second-order valence-electron chi connectivity index (χ2n) is 5.37. The van der Waals surface area contributed by atoms with Crippen LogP contribution in [0.1, 0.15) is 32.4 Å². The number of hydrogen-bond acceptors (Lipinski definition) is 3. The van der Waals surface area contributed by atoms with Crippen molar-refractivity contribution >= 4 is 29.2 Å². The van der Waals surface area contributed by atoms with E-state index < -0.39 is 12.1 Å². The first-order valence-corrected chi connectivity index (χ1v) is 7.82. The minimum atomic E-state index is -0.690. The van der Waals surface area contributed by atoms with E-state index in [4.69, 9.17) is 23.2 Å². The van der Waals surface area contributed by atoms with Crippen LogP contribution in [0.4, 0.5) is 4.79 Å². The second kappa shape index (κ2) is 8.58. The van der Waals surface area contributed by atoms with Crippen molar-refractivity contribution in [2.45, 2.75) is 39.0 Å². The largest absolute Gasteiger partial charge is 0.394 e. The molecule has 0 heterocycles. The molecule has 0 unspecified atom stereocenters. The van der Waals surface area contributed by atoms with Crippen LogP contribution in [0.3, 0.4) is 0 Å². The Hall–Kier alpha value is -1.01. The van der Waals surface area contributed by atoms with E-state index in [1.165, 1.54) is 4.90 Å². The van der Waals surface area contributed by atoms with Gasteiger partial charge in [0.2, 0.25) is 0 Å². The minimum absolute atomic E-state index is 0.129. The molecule has 0 aromatic heterocycles. The molecule has 0 saturated carbocycles. The molecule has 0 aliphatic rings. The van der Waals surface area contributed by atoms with Gasteiger partial charge in [-0.1, -0.05) is 23.2 Å². The summed E-state index contributed by atoms with van der Waals surface area (Å²) in [4.78, 5) is 13.8. The molecule has 2 amide bonds. The molecular formula is C15H22Cl2N2O3. The number of carbonyl (C=O) groups excluding carboxylic acids is 1. The van der Waals surface area contributed by atoms with Crippen LogP contribution in [0.15, 0.2) is 18.2 Å². The van der Waals surface area contributed by atoms with Gasteiger partial charge in [-0.2, -0.15) is 0 Å². The number of benzene rings is 1. The SMILES string of the molecule is C[C@H](O)CN(C(=O)N[C@H](C)c1cc(Cl)ccc1Cl)[C@H](C)CO. The minimum Gasteiger partial charge on any atom is -0.394 e. The molecule has 0 saturated heterocycles. The van der Waals surface area contributed by atoms with Gasteiger partial charge in [0, 0.05) is 16.6 Å². The predicted molar refractivity (Wildman–Crippen MR) is 88.3 cm³/mol. The Labute approximate surface area is 140 Å². The summed E-state index contributed by atoms with van der Waals surface area (Å²) in [6.07, 6.45) is -0.690. The lowest BCUT2D eigenvalue weighted by atomic mass is 10.1. The predicted octanol–water partition coefficient (Wildman–Crippen LogP) is 2.83. The molecule has 124 valence electrons. The molecule has 0 aliphatic carbocycles. The van der Waals surface area contributed by atoms with Gasteiger partial charge in [0.05, 0.1) is 24.8 Å². The van der Waals surface area contributed by atoms with E-state index in [0.29, 0.717) is 15.6 Å². The Morgan fingerprint density at radius 2 is 1.95 bits per heavy atom. The van der Waals surface area contributed by atoms with Crippen molar-refractivity contribution in [2.75, 3.05) is 13.2 Å². The first kappa shape index (κ1) is 19.0. The van der Waals surface area contributed by atoms with Crippen LogP contribution in [-0.4, -0.2) is 46.4 Å². The van der Waals surface area contributed by atoms with Crippen LogP contribution in [-0.2, 0) is 0 Å². The number of urea groups is 1. The lowest BCUT2D eigenvalue weighted by Crippen LogP contribution is -2.49. The number of amides is 2. The number of halogens is 2. The maximum absolute atomic E-state index is 12.4. The van der Waals surface area contributed by atoms with Crippen molar-refractivity contribution in [2.24, 2.45) is 0 Å². The summed E-state index contributed by atoms with van der Waals surface area (Å²) in [5.41, 5.74) is 0.705. The maximum atomic E-state index is 12.4. The lowest BCUT2D eigenvalue weighted by Gasteiger charge is -2.30. The average molecular weight is 349 g/mol. The van der Waals surface area contributed by atoms with Gasteiger partial charge in [-0.25, -0.2) is 4.79 Å². The van der Waals surface area contributed by atoms with E-state index in [1.54, 1.807) is 39.0 Å². The fourth-order valence-corrected chi connectivity index (χ4v) is 2.50. The number of rotatable bonds is 6. The topological polar surface area (TPSA) is 72.8 Å². The molecule has 5 nitrogen and oxygen atoms in total. The summed E-state index contributed by atoms with van der Waals surface area (Å²) in [6, 6.07) is 3.90.